The van der Waals surface area contributed by atoms with Crippen LogP contribution in [0.25, 0.3) is 0 Å². The number of likely N-dealkylation sites (tertiary alicyclic amines) is 1. The third-order valence-corrected chi connectivity index (χ3v) is 5.59. The first kappa shape index (κ1) is 19.5. The van der Waals surface area contributed by atoms with Gasteiger partial charge >= 0.3 is 0 Å². The summed E-state index contributed by atoms with van der Waals surface area (Å²) in [5.74, 6) is 0.547. The summed E-state index contributed by atoms with van der Waals surface area (Å²) in [6, 6.07) is 8.54. The van der Waals surface area contributed by atoms with Crippen LogP contribution in [0.4, 0.5) is 5.69 Å². The van der Waals surface area contributed by atoms with Crippen molar-refractivity contribution in [3.8, 4) is 5.75 Å². The van der Waals surface area contributed by atoms with Crippen LogP contribution in [-0.4, -0.2) is 74.0 Å². The predicted octanol–water partition coefficient (Wildman–Crippen LogP) is 1.07. The lowest BCUT2D eigenvalue weighted by Gasteiger charge is -2.44. The average Bonchev–Trinajstić information content (AvgIpc) is 2.72. The minimum absolute atomic E-state index is 0.0474. The molecule has 148 valence electrons. The number of anilines is 1. The van der Waals surface area contributed by atoms with Crippen molar-refractivity contribution in [3.05, 3.63) is 24.3 Å². The number of hydrogen-bond acceptors (Lipinski definition) is 5. The Bertz CT molecular complexity index is 658. The fourth-order valence-corrected chi connectivity index (χ4v) is 4.09. The Morgan fingerprint density at radius 2 is 1.85 bits per heavy atom. The van der Waals surface area contributed by atoms with Crippen LogP contribution in [-0.2, 0) is 9.59 Å². The molecule has 2 amide bonds. The van der Waals surface area contributed by atoms with E-state index in [4.69, 9.17) is 10.5 Å². The van der Waals surface area contributed by atoms with Crippen LogP contribution >= 0.6 is 0 Å². The van der Waals surface area contributed by atoms with Crippen LogP contribution in [0, 0.1) is 0 Å². The summed E-state index contributed by atoms with van der Waals surface area (Å²) in [5, 5.41) is 0. The van der Waals surface area contributed by atoms with Gasteiger partial charge in [-0.2, -0.15) is 0 Å². The molecule has 0 spiro atoms. The molecule has 27 heavy (non-hydrogen) atoms. The van der Waals surface area contributed by atoms with Gasteiger partial charge in [0.2, 0.25) is 11.8 Å². The number of piperidine rings is 1. The van der Waals surface area contributed by atoms with Crippen LogP contribution in [0.1, 0.15) is 25.7 Å². The molecule has 2 saturated heterocycles. The lowest BCUT2D eigenvalue weighted by molar-refractivity contribution is -0.135. The Morgan fingerprint density at radius 1 is 1.11 bits per heavy atom. The van der Waals surface area contributed by atoms with Gasteiger partial charge in [0.15, 0.2) is 0 Å². The molecule has 2 aliphatic heterocycles. The van der Waals surface area contributed by atoms with E-state index in [0.29, 0.717) is 6.04 Å². The highest BCUT2D eigenvalue weighted by atomic mass is 16.5. The molecule has 0 saturated carbocycles. The quantitative estimate of drug-likeness (QED) is 0.806. The van der Waals surface area contributed by atoms with E-state index in [1.54, 1.807) is 7.11 Å². The zero-order chi connectivity index (χ0) is 19.2. The largest absolute Gasteiger partial charge is 0.495 e. The average molecular weight is 374 g/mol. The van der Waals surface area contributed by atoms with Gasteiger partial charge in [0, 0.05) is 58.2 Å². The molecule has 7 nitrogen and oxygen atoms in total. The molecule has 7 heteroatoms. The number of para-hydroxylation sites is 2. The molecule has 0 aliphatic carbocycles. The van der Waals surface area contributed by atoms with Gasteiger partial charge in [0.25, 0.3) is 0 Å². The third-order valence-electron chi connectivity index (χ3n) is 5.59. The SMILES string of the molecule is COc1ccccc1N1CCN([C@H]2CCCN(C(=O)CCC(N)=O)C2)CC1. The van der Waals surface area contributed by atoms with Gasteiger partial charge in [-0.1, -0.05) is 12.1 Å². The third kappa shape index (κ3) is 4.91. The maximum Gasteiger partial charge on any atom is 0.223 e. The summed E-state index contributed by atoms with van der Waals surface area (Å²) >= 11 is 0. The Hall–Kier alpha value is -2.28. The van der Waals surface area contributed by atoms with Crippen molar-refractivity contribution in [2.45, 2.75) is 31.7 Å². The molecule has 2 heterocycles. The van der Waals surface area contributed by atoms with E-state index in [-0.39, 0.29) is 18.7 Å². The van der Waals surface area contributed by atoms with E-state index >= 15 is 0 Å². The molecule has 0 unspecified atom stereocenters. The van der Waals surface area contributed by atoms with Gasteiger partial charge in [-0.3, -0.25) is 14.5 Å². The predicted molar refractivity (Wildman–Crippen MR) is 105 cm³/mol. The number of ether oxygens (including phenoxy) is 1. The number of amides is 2. The smallest absolute Gasteiger partial charge is 0.223 e. The van der Waals surface area contributed by atoms with Gasteiger partial charge in [-0.05, 0) is 25.0 Å². The lowest BCUT2D eigenvalue weighted by Crippen LogP contribution is -2.56. The molecule has 2 N–H and O–H groups in total. The van der Waals surface area contributed by atoms with Gasteiger partial charge in [0.1, 0.15) is 5.75 Å². The molecule has 1 aromatic carbocycles. The highest BCUT2D eigenvalue weighted by Crippen LogP contribution is 2.29. The zero-order valence-corrected chi connectivity index (χ0v) is 16.1. The van der Waals surface area contributed by atoms with Crippen LogP contribution in [0.15, 0.2) is 24.3 Å². The van der Waals surface area contributed by atoms with Crippen molar-refractivity contribution in [1.82, 2.24) is 9.80 Å². The summed E-state index contributed by atoms with van der Waals surface area (Å²) in [7, 11) is 1.71. The Balaban J connectivity index is 1.53. The first-order valence-electron chi connectivity index (χ1n) is 9.76. The van der Waals surface area contributed by atoms with Crippen molar-refractivity contribution in [2.75, 3.05) is 51.3 Å². The number of carbonyl (C=O) groups excluding carboxylic acids is 2. The molecule has 2 fully saturated rings. The molecule has 0 aromatic heterocycles. The zero-order valence-electron chi connectivity index (χ0n) is 16.1. The van der Waals surface area contributed by atoms with Crippen LogP contribution in [0.5, 0.6) is 5.75 Å². The highest BCUT2D eigenvalue weighted by Gasteiger charge is 2.30. The molecule has 1 aromatic rings. The number of rotatable bonds is 6. The van der Waals surface area contributed by atoms with E-state index in [1.165, 1.54) is 0 Å². The number of primary amides is 1. The molecular weight excluding hydrogens is 344 g/mol. The number of benzene rings is 1. The van der Waals surface area contributed by atoms with Crippen molar-refractivity contribution in [3.63, 3.8) is 0 Å². The summed E-state index contributed by atoms with van der Waals surface area (Å²) < 4.78 is 5.49. The number of carbonyl (C=O) groups is 2. The normalized spacial score (nSPS) is 21.1. The summed E-state index contributed by atoms with van der Waals surface area (Å²) in [5.41, 5.74) is 6.31. The monoisotopic (exact) mass is 374 g/mol. The summed E-state index contributed by atoms with van der Waals surface area (Å²) in [6.07, 6.45) is 2.50. The first-order chi connectivity index (χ1) is 13.1. The van der Waals surface area contributed by atoms with Crippen molar-refractivity contribution >= 4 is 17.5 Å². The van der Waals surface area contributed by atoms with Crippen LogP contribution in [0.2, 0.25) is 0 Å². The van der Waals surface area contributed by atoms with Crippen molar-refractivity contribution < 1.29 is 14.3 Å². The van der Waals surface area contributed by atoms with E-state index < -0.39 is 5.91 Å². The first-order valence-corrected chi connectivity index (χ1v) is 9.76. The Morgan fingerprint density at radius 3 is 2.56 bits per heavy atom. The minimum Gasteiger partial charge on any atom is -0.495 e. The van der Waals surface area contributed by atoms with E-state index in [0.717, 1.165) is 63.5 Å². The molecule has 1 atom stereocenters. The second-order valence-corrected chi connectivity index (χ2v) is 7.30. The van der Waals surface area contributed by atoms with E-state index in [9.17, 15) is 9.59 Å². The topological polar surface area (TPSA) is 79.1 Å². The number of nitrogens with two attached hydrogens (primary N) is 1. The van der Waals surface area contributed by atoms with E-state index in [2.05, 4.69) is 15.9 Å². The molecule has 0 bridgehead atoms. The lowest BCUT2D eigenvalue weighted by atomic mass is 10.0. The van der Waals surface area contributed by atoms with Crippen molar-refractivity contribution in [1.29, 1.82) is 0 Å². The second kappa shape index (κ2) is 9.08. The number of methoxy groups -OCH3 is 1. The van der Waals surface area contributed by atoms with Crippen LogP contribution in [0.3, 0.4) is 0 Å². The molecule has 0 radical (unpaired) electrons. The highest BCUT2D eigenvalue weighted by molar-refractivity contribution is 5.83. The van der Waals surface area contributed by atoms with Crippen molar-refractivity contribution in [2.24, 2.45) is 5.73 Å². The maximum atomic E-state index is 12.3. The van der Waals surface area contributed by atoms with Crippen LogP contribution < -0.4 is 15.4 Å². The molecular formula is C20H30N4O3. The fourth-order valence-electron chi connectivity index (χ4n) is 4.09. The minimum atomic E-state index is -0.413. The van der Waals surface area contributed by atoms with Gasteiger partial charge in [-0.15, -0.1) is 0 Å². The summed E-state index contributed by atoms with van der Waals surface area (Å²) in [4.78, 5) is 30.0. The van der Waals surface area contributed by atoms with Gasteiger partial charge in [-0.25, -0.2) is 0 Å². The Labute approximate surface area is 161 Å². The number of piperazine rings is 1. The number of hydrogen-bond donors (Lipinski definition) is 1. The van der Waals surface area contributed by atoms with Gasteiger partial charge in [0.05, 0.1) is 12.8 Å². The fraction of sp³-hybridized carbons (Fsp3) is 0.600. The standard InChI is InChI=1S/C20H30N4O3/c1-27-18-7-3-2-6-17(18)23-13-11-22(12-14-23)16-5-4-10-24(15-16)20(26)9-8-19(21)25/h2-3,6-7,16H,4-5,8-15H2,1H3,(H2,21,25)/t16-/m0/s1. The molecule has 3 rings (SSSR count). The van der Waals surface area contributed by atoms with E-state index in [1.807, 2.05) is 23.1 Å². The summed E-state index contributed by atoms with van der Waals surface area (Å²) in [6.45, 7) is 5.40. The molecule has 2 aliphatic rings. The number of nitrogens with zero attached hydrogens (tertiary/aromatic N) is 3. The maximum absolute atomic E-state index is 12.3. The van der Waals surface area contributed by atoms with Gasteiger partial charge < -0.3 is 20.3 Å². The second-order valence-electron chi connectivity index (χ2n) is 7.30. The Kier molecular flexibility index (Phi) is 6.55.